The van der Waals surface area contributed by atoms with Gasteiger partial charge in [0.25, 0.3) is 0 Å². The van der Waals surface area contributed by atoms with Gasteiger partial charge < -0.3 is 14.2 Å². The van der Waals surface area contributed by atoms with E-state index in [9.17, 15) is 9.18 Å². The van der Waals surface area contributed by atoms with Crippen LogP contribution in [0.1, 0.15) is 63.5 Å². The number of carbonyl (C=O) groups is 1. The van der Waals surface area contributed by atoms with E-state index in [4.69, 9.17) is 14.2 Å². The fourth-order valence-corrected chi connectivity index (χ4v) is 4.31. The van der Waals surface area contributed by atoms with E-state index in [0.717, 1.165) is 29.9 Å². The minimum Gasteiger partial charge on any atom is -0.491 e. The van der Waals surface area contributed by atoms with Crippen LogP contribution in [0.4, 0.5) is 4.39 Å². The molecule has 1 aliphatic rings. The van der Waals surface area contributed by atoms with Crippen LogP contribution in [-0.2, 0) is 16.1 Å². The zero-order chi connectivity index (χ0) is 24.9. The quantitative estimate of drug-likeness (QED) is 0.282. The van der Waals surface area contributed by atoms with Gasteiger partial charge in [0.1, 0.15) is 6.61 Å². The average molecular weight is 471 g/mol. The topological polar surface area (TPSA) is 44.8 Å². The molecule has 0 amide bonds. The van der Waals surface area contributed by atoms with Crippen molar-refractivity contribution in [3.8, 4) is 11.5 Å². The minimum atomic E-state index is -0.433. The van der Waals surface area contributed by atoms with Crippen molar-refractivity contribution < 1.29 is 23.4 Å². The third-order valence-corrected chi connectivity index (χ3v) is 6.27. The van der Waals surface area contributed by atoms with Crippen molar-refractivity contribution in [2.24, 2.45) is 11.8 Å². The molecule has 0 radical (unpaired) electrons. The Morgan fingerprint density at radius 3 is 2.29 bits per heavy atom. The number of rotatable bonds is 9. The predicted octanol–water partition coefficient (Wildman–Crippen LogP) is 7.43. The van der Waals surface area contributed by atoms with Gasteiger partial charge in [0.05, 0.1) is 13.7 Å². The van der Waals surface area contributed by atoms with Gasteiger partial charge >= 0.3 is 5.97 Å². The maximum Gasteiger partial charge on any atom is 0.333 e. The third kappa shape index (κ3) is 8.19. The van der Waals surface area contributed by atoms with E-state index < -0.39 is 5.82 Å². The molecule has 0 N–H and O–H groups in total. The lowest BCUT2D eigenvalue weighted by Crippen LogP contribution is -2.20. The summed E-state index contributed by atoms with van der Waals surface area (Å²) in [5.74, 6) is 1.07. The molecular formula is C29H39FO4. The summed E-state index contributed by atoms with van der Waals surface area (Å²) in [5.41, 5.74) is 2.44. The lowest BCUT2D eigenvalue weighted by molar-refractivity contribution is -0.136. The van der Waals surface area contributed by atoms with Crippen molar-refractivity contribution in [3.63, 3.8) is 0 Å². The number of benzene rings is 2. The van der Waals surface area contributed by atoms with Crippen LogP contribution in [0.15, 0.2) is 54.6 Å². The second-order valence-corrected chi connectivity index (χ2v) is 8.75. The lowest BCUT2D eigenvalue weighted by atomic mass is 9.77. The fourth-order valence-electron chi connectivity index (χ4n) is 4.31. The monoisotopic (exact) mass is 470 g/mol. The minimum absolute atomic E-state index is 0.228. The van der Waals surface area contributed by atoms with E-state index in [-0.39, 0.29) is 17.5 Å². The Bertz CT molecular complexity index is 902. The zero-order valence-electron chi connectivity index (χ0n) is 21.1. The van der Waals surface area contributed by atoms with Crippen LogP contribution in [0.3, 0.4) is 0 Å². The van der Waals surface area contributed by atoms with Gasteiger partial charge in [-0.1, -0.05) is 62.7 Å². The SMILES string of the molecule is C=C(C(=O)OC)C1CCC(CCC)CC1.CCOc1ccc(C)c(OCc2ccccc2)c1F. The van der Waals surface area contributed by atoms with Gasteiger partial charge in [-0.15, -0.1) is 0 Å². The number of ether oxygens (including phenoxy) is 3. The molecule has 2 aromatic carbocycles. The number of methoxy groups -OCH3 is 1. The number of esters is 1. The Morgan fingerprint density at radius 1 is 1.03 bits per heavy atom. The Balaban J connectivity index is 0.000000248. The molecule has 0 atom stereocenters. The van der Waals surface area contributed by atoms with E-state index >= 15 is 0 Å². The van der Waals surface area contributed by atoms with Crippen LogP contribution >= 0.6 is 0 Å². The second kappa shape index (κ2) is 14.4. The summed E-state index contributed by atoms with van der Waals surface area (Å²) in [4.78, 5) is 11.3. The van der Waals surface area contributed by atoms with Crippen LogP contribution in [-0.4, -0.2) is 19.7 Å². The Kier molecular flexibility index (Phi) is 11.7. The van der Waals surface area contributed by atoms with E-state index in [0.29, 0.717) is 24.7 Å². The Morgan fingerprint density at radius 2 is 1.71 bits per heavy atom. The largest absolute Gasteiger partial charge is 0.491 e. The van der Waals surface area contributed by atoms with Crippen molar-refractivity contribution >= 4 is 5.97 Å². The third-order valence-electron chi connectivity index (χ3n) is 6.27. The highest BCUT2D eigenvalue weighted by molar-refractivity contribution is 5.88. The highest BCUT2D eigenvalue weighted by Crippen LogP contribution is 2.35. The summed E-state index contributed by atoms with van der Waals surface area (Å²) < 4.78 is 29.7. The summed E-state index contributed by atoms with van der Waals surface area (Å²) in [7, 11) is 1.43. The van der Waals surface area contributed by atoms with Crippen molar-refractivity contribution in [1.82, 2.24) is 0 Å². The average Bonchev–Trinajstić information content (AvgIpc) is 2.86. The first-order chi connectivity index (χ1) is 16.4. The van der Waals surface area contributed by atoms with E-state index in [1.807, 2.05) is 44.2 Å². The molecule has 186 valence electrons. The molecule has 1 saturated carbocycles. The predicted molar refractivity (Wildman–Crippen MR) is 135 cm³/mol. The van der Waals surface area contributed by atoms with Gasteiger partial charge in [0.2, 0.25) is 5.82 Å². The maximum atomic E-state index is 14.2. The van der Waals surface area contributed by atoms with E-state index in [1.165, 1.54) is 32.8 Å². The fraction of sp³-hybridized carbons (Fsp3) is 0.483. The van der Waals surface area contributed by atoms with Gasteiger partial charge in [0, 0.05) is 5.57 Å². The van der Waals surface area contributed by atoms with Crippen LogP contribution in [0.5, 0.6) is 11.5 Å². The summed E-state index contributed by atoms with van der Waals surface area (Å²) in [6.07, 6.45) is 7.31. The molecule has 0 saturated heterocycles. The maximum absolute atomic E-state index is 14.2. The van der Waals surface area contributed by atoms with Crippen molar-refractivity contribution in [2.45, 2.75) is 65.9 Å². The molecule has 0 aliphatic heterocycles. The first-order valence-electron chi connectivity index (χ1n) is 12.3. The molecule has 0 unspecified atom stereocenters. The van der Waals surface area contributed by atoms with Gasteiger partial charge in [-0.3, -0.25) is 0 Å². The van der Waals surface area contributed by atoms with Gasteiger partial charge in [-0.05, 0) is 68.6 Å². The molecule has 2 aromatic rings. The molecule has 0 heterocycles. The van der Waals surface area contributed by atoms with E-state index in [1.54, 1.807) is 12.1 Å². The number of hydrogen-bond acceptors (Lipinski definition) is 4. The van der Waals surface area contributed by atoms with Crippen LogP contribution < -0.4 is 9.47 Å². The van der Waals surface area contributed by atoms with Crippen LogP contribution in [0, 0.1) is 24.6 Å². The van der Waals surface area contributed by atoms with Crippen molar-refractivity contribution in [1.29, 1.82) is 0 Å². The zero-order valence-corrected chi connectivity index (χ0v) is 21.1. The highest BCUT2D eigenvalue weighted by atomic mass is 19.1. The number of hydrogen-bond donors (Lipinski definition) is 0. The molecule has 1 fully saturated rings. The summed E-state index contributed by atoms with van der Waals surface area (Å²) >= 11 is 0. The van der Waals surface area contributed by atoms with Crippen LogP contribution in [0.25, 0.3) is 0 Å². The number of aryl methyl sites for hydroxylation is 1. The molecule has 4 nitrogen and oxygen atoms in total. The normalized spacial score (nSPS) is 17.2. The van der Waals surface area contributed by atoms with Crippen LogP contribution in [0.2, 0.25) is 0 Å². The van der Waals surface area contributed by atoms with Crippen molar-refractivity contribution in [2.75, 3.05) is 13.7 Å². The molecule has 34 heavy (non-hydrogen) atoms. The molecule has 5 heteroatoms. The summed E-state index contributed by atoms with van der Waals surface area (Å²) in [5, 5.41) is 0. The first-order valence-corrected chi connectivity index (χ1v) is 12.3. The number of halogens is 1. The molecular weight excluding hydrogens is 431 g/mol. The van der Waals surface area contributed by atoms with Gasteiger partial charge in [0.15, 0.2) is 11.5 Å². The molecule has 0 bridgehead atoms. The second-order valence-electron chi connectivity index (χ2n) is 8.75. The standard InChI is InChI=1S/C16H17FO2.C13H22O2/c1-3-18-14-10-9-12(2)16(15(14)17)19-11-13-7-5-4-6-8-13;1-4-5-11-6-8-12(9-7-11)10(2)13(14)15-3/h4-10H,3,11H2,1-2H3;11-12H,2,4-9H2,1,3H3. The Hall–Kier alpha value is -2.82. The Labute approximate surface area is 204 Å². The summed E-state index contributed by atoms with van der Waals surface area (Å²) in [6.45, 7) is 10.5. The van der Waals surface area contributed by atoms with Gasteiger partial charge in [-0.25, -0.2) is 4.79 Å². The molecule has 0 aromatic heterocycles. The highest BCUT2D eigenvalue weighted by Gasteiger charge is 2.25. The smallest absolute Gasteiger partial charge is 0.333 e. The molecule has 1 aliphatic carbocycles. The number of carbonyl (C=O) groups excluding carboxylic acids is 1. The first kappa shape index (κ1) is 27.4. The van der Waals surface area contributed by atoms with Crippen molar-refractivity contribution in [3.05, 3.63) is 71.6 Å². The summed E-state index contributed by atoms with van der Waals surface area (Å²) in [6, 6.07) is 13.1. The molecule has 0 spiro atoms. The molecule has 3 rings (SSSR count). The van der Waals surface area contributed by atoms with E-state index in [2.05, 4.69) is 13.5 Å². The van der Waals surface area contributed by atoms with Gasteiger partial charge in [-0.2, -0.15) is 4.39 Å². The lowest BCUT2D eigenvalue weighted by Gasteiger charge is -2.28.